The number of nitro benzene ring substituents is 1. The molecular formula is C16H17ClN2O2. The third-order valence-corrected chi connectivity index (χ3v) is 3.61. The van der Waals surface area contributed by atoms with Crippen LogP contribution >= 0.6 is 11.6 Å². The molecule has 21 heavy (non-hydrogen) atoms. The lowest BCUT2D eigenvalue weighted by atomic mass is 10.1. The monoisotopic (exact) mass is 304 g/mol. The Morgan fingerprint density at radius 2 is 1.95 bits per heavy atom. The fourth-order valence-electron chi connectivity index (χ4n) is 2.11. The minimum absolute atomic E-state index is 0.0669. The topological polar surface area (TPSA) is 55.2 Å². The molecule has 2 rings (SSSR count). The molecule has 0 aliphatic carbocycles. The van der Waals surface area contributed by atoms with Gasteiger partial charge in [0.25, 0.3) is 5.69 Å². The molecule has 1 unspecified atom stereocenters. The molecule has 0 saturated heterocycles. The summed E-state index contributed by atoms with van der Waals surface area (Å²) in [6, 6.07) is 14.5. The summed E-state index contributed by atoms with van der Waals surface area (Å²) in [6.07, 6.45) is 0.885. The highest BCUT2D eigenvalue weighted by atomic mass is 35.5. The second-order valence-corrected chi connectivity index (χ2v) is 5.34. The van der Waals surface area contributed by atoms with Crippen LogP contribution in [0.2, 0.25) is 5.02 Å². The molecule has 0 fully saturated rings. The summed E-state index contributed by atoms with van der Waals surface area (Å²) in [5.41, 5.74) is 2.25. The van der Waals surface area contributed by atoms with E-state index in [0.717, 1.165) is 23.6 Å². The summed E-state index contributed by atoms with van der Waals surface area (Å²) in [4.78, 5) is 10.4. The molecule has 2 aromatic carbocycles. The Hall–Kier alpha value is -1.91. The SMILES string of the molecule is CC(NCCc1ccc(Cl)cc1)c1cccc([N+](=O)[O-])c1. The Kier molecular flexibility index (Phi) is 5.31. The van der Waals surface area contributed by atoms with E-state index in [1.165, 1.54) is 11.6 Å². The molecule has 0 aromatic heterocycles. The molecule has 0 radical (unpaired) electrons. The van der Waals surface area contributed by atoms with Crippen LogP contribution in [0.3, 0.4) is 0 Å². The second-order valence-electron chi connectivity index (χ2n) is 4.90. The Bertz CT molecular complexity index is 614. The summed E-state index contributed by atoms with van der Waals surface area (Å²) in [5, 5.41) is 14.9. The fourth-order valence-corrected chi connectivity index (χ4v) is 2.24. The lowest BCUT2D eigenvalue weighted by Gasteiger charge is -2.14. The summed E-state index contributed by atoms with van der Waals surface area (Å²) in [7, 11) is 0. The van der Waals surface area contributed by atoms with Crippen molar-refractivity contribution in [3.05, 3.63) is 74.8 Å². The highest BCUT2D eigenvalue weighted by Gasteiger charge is 2.10. The van der Waals surface area contributed by atoms with Crippen LogP contribution in [0.4, 0.5) is 5.69 Å². The average molecular weight is 305 g/mol. The number of benzene rings is 2. The van der Waals surface area contributed by atoms with Gasteiger partial charge in [0.2, 0.25) is 0 Å². The van der Waals surface area contributed by atoms with Crippen molar-refractivity contribution in [3.63, 3.8) is 0 Å². The summed E-state index contributed by atoms with van der Waals surface area (Å²) < 4.78 is 0. The first kappa shape index (κ1) is 15.5. The Morgan fingerprint density at radius 3 is 2.62 bits per heavy atom. The third kappa shape index (κ3) is 4.55. The van der Waals surface area contributed by atoms with Crippen molar-refractivity contribution >= 4 is 17.3 Å². The quantitative estimate of drug-likeness (QED) is 0.644. The van der Waals surface area contributed by atoms with Crippen LogP contribution < -0.4 is 5.32 Å². The molecule has 5 heteroatoms. The summed E-state index contributed by atoms with van der Waals surface area (Å²) >= 11 is 5.85. The highest BCUT2D eigenvalue weighted by Crippen LogP contribution is 2.19. The lowest BCUT2D eigenvalue weighted by Crippen LogP contribution is -2.21. The van der Waals surface area contributed by atoms with E-state index in [1.54, 1.807) is 12.1 Å². The Labute approximate surface area is 128 Å². The van der Waals surface area contributed by atoms with Gasteiger partial charge in [-0.25, -0.2) is 0 Å². The number of nitrogens with one attached hydrogen (secondary N) is 1. The summed E-state index contributed by atoms with van der Waals surface area (Å²) in [5.74, 6) is 0. The molecule has 0 aliphatic rings. The zero-order valence-corrected chi connectivity index (χ0v) is 12.5. The van der Waals surface area contributed by atoms with Gasteiger partial charge in [0.05, 0.1) is 4.92 Å². The van der Waals surface area contributed by atoms with Gasteiger partial charge in [0, 0.05) is 23.2 Å². The molecule has 0 spiro atoms. The molecule has 0 heterocycles. The van der Waals surface area contributed by atoms with Crippen LogP contribution in [0.25, 0.3) is 0 Å². The van der Waals surface area contributed by atoms with E-state index in [-0.39, 0.29) is 16.7 Å². The molecule has 1 N–H and O–H groups in total. The second kappa shape index (κ2) is 7.20. The molecule has 0 amide bonds. The van der Waals surface area contributed by atoms with E-state index in [0.29, 0.717) is 0 Å². The summed E-state index contributed by atoms with van der Waals surface area (Å²) in [6.45, 7) is 2.80. The third-order valence-electron chi connectivity index (χ3n) is 3.36. The van der Waals surface area contributed by atoms with E-state index in [2.05, 4.69) is 5.32 Å². The molecule has 1 atom stereocenters. The zero-order chi connectivity index (χ0) is 15.2. The van der Waals surface area contributed by atoms with Crippen LogP contribution in [-0.4, -0.2) is 11.5 Å². The van der Waals surface area contributed by atoms with Crippen molar-refractivity contribution in [2.45, 2.75) is 19.4 Å². The number of hydrogen-bond donors (Lipinski definition) is 1. The normalized spacial score (nSPS) is 12.1. The predicted molar refractivity (Wildman–Crippen MR) is 84.7 cm³/mol. The van der Waals surface area contributed by atoms with Crippen molar-refractivity contribution in [1.29, 1.82) is 0 Å². The maximum Gasteiger partial charge on any atom is 0.269 e. The standard InChI is InChI=1S/C16H17ClN2O2/c1-12(14-3-2-4-16(11-14)19(20)21)18-10-9-13-5-7-15(17)8-6-13/h2-8,11-12,18H,9-10H2,1H3. The van der Waals surface area contributed by atoms with Gasteiger partial charge in [-0.05, 0) is 43.1 Å². The van der Waals surface area contributed by atoms with E-state index in [1.807, 2.05) is 37.3 Å². The van der Waals surface area contributed by atoms with Gasteiger partial charge in [-0.15, -0.1) is 0 Å². The number of rotatable bonds is 6. The van der Waals surface area contributed by atoms with Gasteiger partial charge in [-0.1, -0.05) is 35.9 Å². The van der Waals surface area contributed by atoms with Crippen LogP contribution in [0.5, 0.6) is 0 Å². The Morgan fingerprint density at radius 1 is 1.24 bits per heavy atom. The molecule has 110 valence electrons. The van der Waals surface area contributed by atoms with Crippen molar-refractivity contribution in [2.75, 3.05) is 6.54 Å². The number of halogens is 1. The maximum atomic E-state index is 10.8. The van der Waals surface area contributed by atoms with Crippen LogP contribution in [0.1, 0.15) is 24.1 Å². The largest absolute Gasteiger partial charge is 0.310 e. The fraction of sp³-hybridized carbons (Fsp3) is 0.250. The van der Waals surface area contributed by atoms with Gasteiger partial charge in [0.15, 0.2) is 0 Å². The average Bonchev–Trinajstić information content (AvgIpc) is 2.49. The number of hydrogen-bond acceptors (Lipinski definition) is 3. The molecule has 4 nitrogen and oxygen atoms in total. The van der Waals surface area contributed by atoms with Gasteiger partial charge in [0.1, 0.15) is 0 Å². The maximum absolute atomic E-state index is 10.8. The Balaban J connectivity index is 1.89. The van der Waals surface area contributed by atoms with Crippen molar-refractivity contribution in [3.8, 4) is 0 Å². The van der Waals surface area contributed by atoms with E-state index < -0.39 is 0 Å². The predicted octanol–water partition coefficient (Wildman–Crippen LogP) is 4.14. The van der Waals surface area contributed by atoms with Gasteiger partial charge >= 0.3 is 0 Å². The molecular weight excluding hydrogens is 288 g/mol. The van der Waals surface area contributed by atoms with E-state index >= 15 is 0 Å². The zero-order valence-electron chi connectivity index (χ0n) is 11.8. The van der Waals surface area contributed by atoms with E-state index in [9.17, 15) is 10.1 Å². The number of nitrogens with zero attached hydrogens (tertiary/aromatic N) is 1. The number of nitro groups is 1. The highest BCUT2D eigenvalue weighted by molar-refractivity contribution is 6.30. The molecule has 0 aliphatic heterocycles. The van der Waals surface area contributed by atoms with Gasteiger partial charge < -0.3 is 5.32 Å². The first-order valence-corrected chi connectivity index (χ1v) is 7.16. The van der Waals surface area contributed by atoms with Crippen LogP contribution in [0.15, 0.2) is 48.5 Å². The molecule has 0 bridgehead atoms. The molecule has 0 saturated carbocycles. The first-order chi connectivity index (χ1) is 10.1. The van der Waals surface area contributed by atoms with Crippen LogP contribution in [-0.2, 0) is 6.42 Å². The van der Waals surface area contributed by atoms with Crippen molar-refractivity contribution < 1.29 is 4.92 Å². The smallest absolute Gasteiger partial charge is 0.269 e. The minimum atomic E-state index is -0.371. The van der Waals surface area contributed by atoms with Gasteiger partial charge in [-0.3, -0.25) is 10.1 Å². The van der Waals surface area contributed by atoms with Crippen LogP contribution in [0, 0.1) is 10.1 Å². The molecule has 2 aromatic rings. The van der Waals surface area contributed by atoms with Crippen molar-refractivity contribution in [2.24, 2.45) is 0 Å². The minimum Gasteiger partial charge on any atom is -0.310 e. The first-order valence-electron chi connectivity index (χ1n) is 6.78. The van der Waals surface area contributed by atoms with Gasteiger partial charge in [-0.2, -0.15) is 0 Å². The van der Waals surface area contributed by atoms with E-state index in [4.69, 9.17) is 11.6 Å². The number of non-ortho nitro benzene ring substituents is 1. The van der Waals surface area contributed by atoms with Crippen molar-refractivity contribution in [1.82, 2.24) is 5.32 Å². The lowest BCUT2D eigenvalue weighted by molar-refractivity contribution is -0.384.